The van der Waals surface area contributed by atoms with Gasteiger partial charge in [0.1, 0.15) is 21.2 Å². The molecule has 0 bridgehead atoms. The summed E-state index contributed by atoms with van der Waals surface area (Å²) >= 11 is 1.51. The van der Waals surface area contributed by atoms with Gasteiger partial charge < -0.3 is 5.32 Å². The molecule has 0 aliphatic heterocycles. The van der Waals surface area contributed by atoms with Gasteiger partial charge in [-0.2, -0.15) is 0 Å². The first-order valence-electron chi connectivity index (χ1n) is 8.46. The summed E-state index contributed by atoms with van der Waals surface area (Å²) in [5, 5.41) is 3.74. The van der Waals surface area contributed by atoms with Crippen molar-refractivity contribution >= 4 is 33.3 Å². The second-order valence-corrected chi connectivity index (χ2v) is 7.12. The Kier molecular flexibility index (Phi) is 4.64. The summed E-state index contributed by atoms with van der Waals surface area (Å²) in [6.07, 6.45) is 1.73. The number of pyridine rings is 1. The summed E-state index contributed by atoms with van der Waals surface area (Å²) in [5.41, 5.74) is 3.79. The first-order chi connectivity index (χ1) is 13.1. The molecule has 0 spiro atoms. The Bertz CT molecular complexity index is 1110. The zero-order valence-corrected chi connectivity index (χ0v) is 15.4. The van der Waals surface area contributed by atoms with Gasteiger partial charge in [0.15, 0.2) is 0 Å². The normalized spacial score (nSPS) is 10.9. The maximum Gasteiger partial charge on any atom is 0.228 e. The van der Waals surface area contributed by atoms with E-state index in [1.165, 1.54) is 17.4 Å². The van der Waals surface area contributed by atoms with E-state index >= 15 is 0 Å². The zero-order valence-electron chi connectivity index (χ0n) is 14.6. The maximum absolute atomic E-state index is 13.8. The molecular weight excluding hydrogens is 361 g/mol. The third kappa shape index (κ3) is 3.57. The average Bonchev–Trinajstić information content (AvgIpc) is 3.09. The lowest BCUT2D eigenvalue weighted by Gasteiger charge is -2.11. The van der Waals surface area contributed by atoms with Crippen molar-refractivity contribution in [3.05, 3.63) is 77.7 Å². The number of anilines is 1. The fraction of sp³-hybridized carbons (Fsp3) is 0.0952. The van der Waals surface area contributed by atoms with Gasteiger partial charge in [-0.3, -0.25) is 4.79 Å². The topological polar surface area (TPSA) is 54.9 Å². The molecule has 0 aliphatic carbocycles. The summed E-state index contributed by atoms with van der Waals surface area (Å²) in [7, 11) is 0. The van der Waals surface area contributed by atoms with Crippen LogP contribution in [0.3, 0.4) is 0 Å². The van der Waals surface area contributed by atoms with Gasteiger partial charge in [-0.25, -0.2) is 14.4 Å². The Morgan fingerprint density at radius 3 is 2.78 bits per heavy atom. The van der Waals surface area contributed by atoms with Gasteiger partial charge in [0.2, 0.25) is 5.91 Å². The summed E-state index contributed by atoms with van der Waals surface area (Å²) in [6.45, 7) is 1.94. The number of nitrogens with zero attached hydrogens (tertiary/aromatic N) is 2. The van der Waals surface area contributed by atoms with Crippen molar-refractivity contribution < 1.29 is 9.18 Å². The fourth-order valence-electron chi connectivity index (χ4n) is 2.90. The number of benzene rings is 2. The van der Waals surface area contributed by atoms with Crippen LogP contribution < -0.4 is 5.32 Å². The van der Waals surface area contributed by atoms with Crippen LogP contribution in [-0.2, 0) is 11.2 Å². The van der Waals surface area contributed by atoms with Crippen molar-refractivity contribution in [3.8, 4) is 10.6 Å². The van der Waals surface area contributed by atoms with E-state index in [0.717, 1.165) is 26.5 Å². The van der Waals surface area contributed by atoms with Gasteiger partial charge in [-0.15, -0.1) is 0 Å². The number of amides is 1. The van der Waals surface area contributed by atoms with Gasteiger partial charge in [-0.05, 0) is 42.3 Å². The molecule has 0 aliphatic rings. The van der Waals surface area contributed by atoms with Crippen molar-refractivity contribution in [1.29, 1.82) is 0 Å². The van der Waals surface area contributed by atoms with Gasteiger partial charge in [0, 0.05) is 17.4 Å². The number of hydrogen-bond acceptors (Lipinski definition) is 4. The first-order valence-corrected chi connectivity index (χ1v) is 9.28. The van der Waals surface area contributed by atoms with E-state index in [1.807, 2.05) is 37.3 Å². The van der Waals surface area contributed by atoms with Crippen LogP contribution in [0, 0.1) is 12.7 Å². The Hall–Kier alpha value is -3.12. The van der Waals surface area contributed by atoms with E-state index in [0.29, 0.717) is 11.3 Å². The highest BCUT2D eigenvalue weighted by Gasteiger charge is 2.14. The molecular formula is C21H16FN3OS. The molecule has 0 saturated carbocycles. The molecule has 0 fully saturated rings. The van der Waals surface area contributed by atoms with E-state index < -0.39 is 0 Å². The van der Waals surface area contributed by atoms with E-state index in [4.69, 9.17) is 0 Å². The molecule has 0 radical (unpaired) electrons. The quantitative estimate of drug-likeness (QED) is 0.545. The molecule has 1 N–H and O–H groups in total. The minimum atomic E-state index is -0.375. The number of carbonyl (C=O) groups excluding carboxylic acids is 1. The number of fused-ring (bicyclic) bond motifs is 1. The number of nitrogens with one attached hydrogen (secondary N) is 1. The second kappa shape index (κ2) is 7.25. The molecule has 2 aromatic heterocycles. The predicted octanol–water partition coefficient (Wildman–Crippen LogP) is 4.99. The van der Waals surface area contributed by atoms with E-state index in [-0.39, 0.29) is 18.1 Å². The second-order valence-electron chi connectivity index (χ2n) is 6.14. The highest BCUT2D eigenvalue weighted by molar-refractivity contribution is 7.21. The molecule has 4 aromatic rings. The van der Waals surface area contributed by atoms with Crippen molar-refractivity contribution in [2.24, 2.45) is 0 Å². The van der Waals surface area contributed by atoms with Crippen LogP contribution in [0.25, 0.3) is 20.9 Å². The van der Waals surface area contributed by atoms with E-state index in [9.17, 15) is 9.18 Å². The lowest BCUT2D eigenvalue weighted by Crippen LogP contribution is -2.16. The third-order valence-electron chi connectivity index (χ3n) is 4.31. The van der Waals surface area contributed by atoms with Crippen molar-refractivity contribution in [1.82, 2.24) is 9.97 Å². The van der Waals surface area contributed by atoms with Crippen LogP contribution in [0.15, 0.2) is 60.8 Å². The lowest BCUT2D eigenvalue weighted by molar-refractivity contribution is -0.115. The van der Waals surface area contributed by atoms with E-state index in [1.54, 1.807) is 24.4 Å². The average molecular weight is 377 g/mol. The molecule has 0 atom stereocenters. The molecule has 134 valence electrons. The monoisotopic (exact) mass is 377 g/mol. The maximum atomic E-state index is 13.8. The smallest absolute Gasteiger partial charge is 0.228 e. The fourth-order valence-corrected chi connectivity index (χ4v) is 3.89. The minimum Gasteiger partial charge on any atom is -0.326 e. The Labute approximate surface area is 159 Å². The highest BCUT2D eigenvalue weighted by atomic mass is 32.1. The van der Waals surface area contributed by atoms with Crippen LogP contribution >= 0.6 is 11.3 Å². The number of carbonyl (C=O) groups is 1. The van der Waals surface area contributed by atoms with Gasteiger partial charge in [-0.1, -0.05) is 41.7 Å². The van der Waals surface area contributed by atoms with Crippen LogP contribution in [0.1, 0.15) is 11.1 Å². The summed E-state index contributed by atoms with van der Waals surface area (Å²) in [5.74, 6) is -0.633. The van der Waals surface area contributed by atoms with Crippen LogP contribution in [0.4, 0.5) is 10.1 Å². The largest absolute Gasteiger partial charge is 0.326 e. The summed E-state index contributed by atoms with van der Waals surface area (Å²) < 4.78 is 13.8. The van der Waals surface area contributed by atoms with Gasteiger partial charge >= 0.3 is 0 Å². The molecule has 4 rings (SSSR count). The molecule has 27 heavy (non-hydrogen) atoms. The number of halogens is 1. The molecule has 0 saturated heterocycles. The Morgan fingerprint density at radius 1 is 1.11 bits per heavy atom. The standard InChI is InChI=1S/C21H16FN3OS/c1-13-15(20-25-18-10-5-11-23-21(18)27-20)7-4-9-17(13)24-19(26)12-14-6-2-3-8-16(14)22/h2-11H,12H2,1H3,(H,24,26). The lowest BCUT2D eigenvalue weighted by atomic mass is 10.1. The Morgan fingerprint density at radius 2 is 1.96 bits per heavy atom. The number of rotatable bonds is 4. The molecule has 1 amide bonds. The molecule has 0 unspecified atom stereocenters. The highest BCUT2D eigenvalue weighted by Crippen LogP contribution is 2.33. The van der Waals surface area contributed by atoms with Crippen molar-refractivity contribution in [2.45, 2.75) is 13.3 Å². The summed E-state index contributed by atoms with van der Waals surface area (Å²) in [6, 6.07) is 15.8. The predicted molar refractivity (Wildman–Crippen MR) is 106 cm³/mol. The Balaban J connectivity index is 1.60. The van der Waals surface area contributed by atoms with E-state index in [2.05, 4.69) is 15.3 Å². The number of hydrogen-bond donors (Lipinski definition) is 1. The van der Waals surface area contributed by atoms with Gasteiger partial charge in [0.05, 0.1) is 6.42 Å². The zero-order chi connectivity index (χ0) is 18.8. The molecule has 4 nitrogen and oxygen atoms in total. The third-order valence-corrected chi connectivity index (χ3v) is 5.33. The molecule has 2 aromatic carbocycles. The number of aromatic nitrogens is 2. The van der Waals surface area contributed by atoms with Crippen molar-refractivity contribution in [2.75, 3.05) is 5.32 Å². The van der Waals surface area contributed by atoms with Crippen LogP contribution in [0.5, 0.6) is 0 Å². The summed E-state index contributed by atoms with van der Waals surface area (Å²) in [4.78, 5) is 22.2. The SMILES string of the molecule is Cc1c(NC(=O)Cc2ccccc2F)cccc1-c1nc2cccnc2s1. The first kappa shape index (κ1) is 17.3. The van der Waals surface area contributed by atoms with Gasteiger partial charge in [0.25, 0.3) is 0 Å². The molecule has 6 heteroatoms. The van der Waals surface area contributed by atoms with Crippen LogP contribution in [0.2, 0.25) is 0 Å². The molecule has 2 heterocycles. The number of thiazole rings is 1. The minimum absolute atomic E-state index is 0.0125. The van der Waals surface area contributed by atoms with Crippen molar-refractivity contribution in [3.63, 3.8) is 0 Å². The van der Waals surface area contributed by atoms with Crippen LogP contribution in [-0.4, -0.2) is 15.9 Å².